The van der Waals surface area contributed by atoms with Crippen LogP contribution in [0.1, 0.15) is 12.0 Å². The smallest absolute Gasteiger partial charge is 0.307 e. The van der Waals surface area contributed by atoms with Crippen LogP contribution in [-0.4, -0.2) is 23.3 Å². The third-order valence-corrected chi connectivity index (χ3v) is 4.37. The summed E-state index contributed by atoms with van der Waals surface area (Å²) in [6, 6.07) is 6.16. The normalized spacial score (nSPS) is 18.2. The number of methoxy groups -OCH3 is 1. The van der Waals surface area contributed by atoms with Gasteiger partial charge in [0.2, 0.25) is 0 Å². The predicted molar refractivity (Wildman–Crippen MR) is 73.7 cm³/mol. The molecule has 90 valence electrons. The lowest BCUT2D eigenvalue weighted by Gasteiger charge is -2.25. The lowest BCUT2D eigenvalue weighted by Crippen LogP contribution is -2.29. The van der Waals surface area contributed by atoms with Crippen molar-refractivity contribution in [3.8, 4) is 0 Å². The van der Waals surface area contributed by atoms with Crippen LogP contribution in [0, 0.1) is 6.92 Å². The molecule has 1 heterocycles. The molecule has 0 saturated heterocycles. The van der Waals surface area contributed by atoms with Crippen molar-refractivity contribution in [2.24, 2.45) is 0 Å². The molecular formula is C12H13NO2S2. The first kappa shape index (κ1) is 12.4. The number of rotatable bonds is 2. The third kappa shape index (κ3) is 2.79. The Morgan fingerprint density at radius 1 is 1.59 bits per heavy atom. The number of thiocarbonyl (C=S) groups is 1. The van der Waals surface area contributed by atoms with Gasteiger partial charge in [0, 0.05) is 4.90 Å². The first-order valence-electron chi connectivity index (χ1n) is 5.25. The molecule has 0 radical (unpaired) electrons. The maximum atomic E-state index is 11.3. The van der Waals surface area contributed by atoms with Crippen LogP contribution in [0.5, 0.6) is 0 Å². The van der Waals surface area contributed by atoms with Crippen LogP contribution < -0.4 is 5.32 Å². The van der Waals surface area contributed by atoms with E-state index in [2.05, 4.69) is 22.2 Å². The summed E-state index contributed by atoms with van der Waals surface area (Å²) in [6.07, 6.45) is 0.306. The lowest BCUT2D eigenvalue weighted by atomic mass is 10.2. The molecule has 1 aromatic rings. The Kier molecular flexibility index (Phi) is 3.69. The number of hydrogen-bond acceptors (Lipinski definition) is 4. The highest BCUT2D eigenvalue weighted by Gasteiger charge is 2.26. The molecule has 0 aromatic heterocycles. The number of esters is 1. The molecule has 3 nitrogen and oxygen atoms in total. The lowest BCUT2D eigenvalue weighted by molar-refractivity contribution is -0.140. The molecule has 0 fully saturated rings. The van der Waals surface area contributed by atoms with Crippen LogP contribution in [-0.2, 0) is 9.53 Å². The quantitative estimate of drug-likeness (QED) is 0.659. The molecule has 1 aliphatic heterocycles. The molecule has 1 atom stereocenters. The minimum Gasteiger partial charge on any atom is -0.469 e. The summed E-state index contributed by atoms with van der Waals surface area (Å²) in [4.78, 5) is 13.1. The minimum absolute atomic E-state index is 0.0346. The van der Waals surface area contributed by atoms with E-state index in [9.17, 15) is 4.79 Å². The van der Waals surface area contributed by atoms with Gasteiger partial charge in [-0.1, -0.05) is 18.3 Å². The Morgan fingerprint density at radius 3 is 3.06 bits per heavy atom. The third-order valence-electron chi connectivity index (χ3n) is 2.53. The fourth-order valence-corrected chi connectivity index (χ4v) is 3.05. The van der Waals surface area contributed by atoms with E-state index in [1.807, 2.05) is 13.0 Å². The van der Waals surface area contributed by atoms with Gasteiger partial charge in [0.05, 0.1) is 29.5 Å². The second-order valence-electron chi connectivity index (χ2n) is 3.88. The van der Waals surface area contributed by atoms with Crippen molar-refractivity contribution in [1.29, 1.82) is 0 Å². The van der Waals surface area contributed by atoms with E-state index in [0.717, 1.165) is 10.6 Å². The van der Waals surface area contributed by atoms with Crippen LogP contribution in [0.15, 0.2) is 23.1 Å². The van der Waals surface area contributed by atoms with Crippen molar-refractivity contribution in [1.82, 2.24) is 0 Å². The van der Waals surface area contributed by atoms with Gasteiger partial charge >= 0.3 is 5.97 Å². The first-order valence-corrected chi connectivity index (χ1v) is 6.54. The van der Waals surface area contributed by atoms with Crippen LogP contribution in [0.25, 0.3) is 0 Å². The molecule has 1 aliphatic rings. The fraction of sp³-hybridized carbons (Fsp3) is 0.333. The van der Waals surface area contributed by atoms with Crippen molar-refractivity contribution >= 4 is 40.6 Å². The van der Waals surface area contributed by atoms with E-state index in [4.69, 9.17) is 12.2 Å². The Morgan fingerprint density at radius 2 is 2.35 bits per heavy atom. The maximum Gasteiger partial charge on any atom is 0.307 e. The summed E-state index contributed by atoms with van der Waals surface area (Å²) in [5.74, 6) is -0.234. The number of thioether (sulfide) groups is 1. The van der Waals surface area contributed by atoms with Crippen molar-refractivity contribution in [3.63, 3.8) is 0 Å². The molecule has 1 N–H and O–H groups in total. The number of anilines is 1. The molecule has 0 amide bonds. The molecule has 0 aliphatic carbocycles. The van der Waals surface area contributed by atoms with Gasteiger partial charge in [-0.05, 0) is 24.6 Å². The largest absolute Gasteiger partial charge is 0.469 e. The van der Waals surface area contributed by atoms with Crippen LogP contribution in [0.2, 0.25) is 0 Å². The summed E-state index contributed by atoms with van der Waals surface area (Å²) in [7, 11) is 1.39. The average Bonchev–Trinajstić information content (AvgIpc) is 2.30. The molecular weight excluding hydrogens is 254 g/mol. The Balaban J connectivity index is 2.18. The van der Waals surface area contributed by atoms with Gasteiger partial charge in [-0.3, -0.25) is 4.79 Å². The molecule has 1 aromatic carbocycles. The first-order chi connectivity index (χ1) is 8.10. The molecule has 0 bridgehead atoms. The van der Waals surface area contributed by atoms with Crippen molar-refractivity contribution in [3.05, 3.63) is 23.8 Å². The number of nitrogens with one attached hydrogen (secondary N) is 1. The highest BCUT2D eigenvalue weighted by Crippen LogP contribution is 2.37. The van der Waals surface area contributed by atoms with E-state index in [0.29, 0.717) is 11.4 Å². The SMILES string of the molecule is COC(=O)C[C@@H]1Sc2ccc(C)cc2NC1=S. The van der Waals surface area contributed by atoms with Gasteiger partial charge < -0.3 is 10.1 Å². The second-order valence-corrected chi connectivity index (χ2v) is 5.56. The maximum absolute atomic E-state index is 11.3. The number of ether oxygens (including phenoxy) is 1. The number of carbonyl (C=O) groups is 1. The zero-order valence-corrected chi connectivity index (χ0v) is 11.3. The summed E-state index contributed by atoms with van der Waals surface area (Å²) in [5.41, 5.74) is 2.21. The van der Waals surface area contributed by atoms with E-state index < -0.39 is 0 Å². The standard InChI is InChI=1S/C12H13NO2S2/c1-7-3-4-9-8(5-7)13-12(16)10(17-9)6-11(14)15-2/h3-5,10H,6H2,1-2H3,(H,13,16)/t10-/m0/s1. The van der Waals surface area contributed by atoms with Crippen molar-refractivity contribution in [2.45, 2.75) is 23.5 Å². The van der Waals surface area contributed by atoms with E-state index in [-0.39, 0.29) is 11.2 Å². The highest BCUT2D eigenvalue weighted by molar-refractivity contribution is 8.02. The van der Waals surface area contributed by atoms with Crippen molar-refractivity contribution < 1.29 is 9.53 Å². The number of aryl methyl sites for hydroxylation is 1. The molecule has 0 spiro atoms. The zero-order valence-electron chi connectivity index (χ0n) is 9.65. The highest BCUT2D eigenvalue weighted by atomic mass is 32.2. The Hall–Kier alpha value is -1.07. The zero-order chi connectivity index (χ0) is 12.4. The number of carbonyl (C=O) groups excluding carboxylic acids is 1. The monoisotopic (exact) mass is 267 g/mol. The van der Waals surface area contributed by atoms with Gasteiger partial charge in [0.15, 0.2) is 0 Å². The van der Waals surface area contributed by atoms with Crippen LogP contribution >= 0.6 is 24.0 Å². The fourth-order valence-electron chi connectivity index (χ4n) is 1.63. The number of fused-ring (bicyclic) bond motifs is 1. The predicted octanol–water partition coefficient (Wildman–Crippen LogP) is 2.77. The second kappa shape index (κ2) is 5.06. The Bertz CT molecular complexity index is 474. The molecule has 2 rings (SSSR count). The topological polar surface area (TPSA) is 38.3 Å². The Labute approximate surface area is 110 Å². The van der Waals surface area contributed by atoms with Gasteiger partial charge in [0.25, 0.3) is 0 Å². The molecule has 0 saturated carbocycles. The van der Waals surface area contributed by atoms with E-state index in [1.54, 1.807) is 11.8 Å². The van der Waals surface area contributed by atoms with E-state index >= 15 is 0 Å². The summed E-state index contributed by atoms with van der Waals surface area (Å²) in [5, 5.41) is 3.15. The summed E-state index contributed by atoms with van der Waals surface area (Å²) >= 11 is 6.89. The van der Waals surface area contributed by atoms with Crippen LogP contribution in [0.3, 0.4) is 0 Å². The van der Waals surface area contributed by atoms with Crippen molar-refractivity contribution in [2.75, 3.05) is 12.4 Å². The van der Waals surface area contributed by atoms with Gasteiger partial charge in [0.1, 0.15) is 0 Å². The van der Waals surface area contributed by atoms with Gasteiger partial charge in [-0.25, -0.2) is 0 Å². The molecule has 0 unspecified atom stereocenters. The van der Waals surface area contributed by atoms with Gasteiger partial charge in [-0.2, -0.15) is 0 Å². The average molecular weight is 267 g/mol. The summed E-state index contributed by atoms with van der Waals surface area (Å²) in [6.45, 7) is 2.04. The summed E-state index contributed by atoms with van der Waals surface area (Å²) < 4.78 is 4.67. The van der Waals surface area contributed by atoms with Crippen LogP contribution in [0.4, 0.5) is 5.69 Å². The molecule has 17 heavy (non-hydrogen) atoms. The number of hydrogen-bond donors (Lipinski definition) is 1. The minimum atomic E-state index is -0.234. The van der Waals surface area contributed by atoms with Gasteiger partial charge in [-0.15, -0.1) is 11.8 Å². The van der Waals surface area contributed by atoms with E-state index in [1.165, 1.54) is 12.7 Å². The number of benzene rings is 1. The molecule has 5 heteroatoms.